The first-order valence-electron chi connectivity index (χ1n) is 5.68. The number of aryl methyl sites for hydroxylation is 1. The predicted octanol–water partition coefficient (Wildman–Crippen LogP) is 2.56. The van der Waals surface area contributed by atoms with Crippen LogP contribution in [-0.2, 0) is 6.61 Å². The molecule has 2 N–H and O–H groups in total. The summed E-state index contributed by atoms with van der Waals surface area (Å²) < 4.78 is 10.7. The van der Waals surface area contributed by atoms with Gasteiger partial charge in [-0.2, -0.15) is 0 Å². The minimum Gasteiger partial charge on any atom is -0.497 e. The molecule has 0 bridgehead atoms. The van der Waals surface area contributed by atoms with Gasteiger partial charge in [0.1, 0.15) is 12.4 Å². The second-order valence-corrected chi connectivity index (χ2v) is 3.97. The number of pyridine rings is 1. The molecule has 1 aromatic carbocycles. The minimum absolute atomic E-state index is 0.420. The molecule has 1 heterocycles. The van der Waals surface area contributed by atoms with E-state index in [4.69, 9.17) is 15.2 Å². The first kappa shape index (κ1) is 12.2. The van der Waals surface area contributed by atoms with Gasteiger partial charge in [0.05, 0.1) is 7.11 Å². The van der Waals surface area contributed by atoms with Crippen LogP contribution in [0.5, 0.6) is 11.5 Å². The summed E-state index contributed by atoms with van der Waals surface area (Å²) in [6.45, 7) is 2.35. The summed E-state index contributed by atoms with van der Waals surface area (Å²) in [5, 5.41) is 0. The second-order valence-electron chi connectivity index (χ2n) is 3.97. The third kappa shape index (κ3) is 2.91. The third-order valence-electron chi connectivity index (χ3n) is 2.58. The Morgan fingerprint density at radius 2 is 1.83 bits per heavy atom. The van der Waals surface area contributed by atoms with Gasteiger partial charge in [0.2, 0.25) is 0 Å². The highest BCUT2D eigenvalue weighted by molar-refractivity contribution is 5.46. The van der Waals surface area contributed by atoms with Gasteiger partial charge in [0.25, 0.3) is 0 Å². The van der Waals surface area contributed by atoms with Crippen LogP contribution in [0.4, 0.5) is 5.82 Å². The van der Waals surface area contributed by atoms with Gasteiger partial charge in [-0.05, 0) is 36.8 Å². The normalized spacial score (nSPS) is 10.1. The van der Waals surface area contributed by atoms with Gasteiger partial charge >= 0.3 is 0 Å². The Morgan fingerprint density at radius 3 is 2.44 bits per heavy atom. The summed E-state index contributed by atoms with van der Waals surface area (Å²) in [4.78, 5) is 4.15. The van der Waals surface area contributed by atoms with Crippen LogP contribution in [0.3, 0.4) is 0 Å². The fraction of sp³-hybridized carbons (Fsp3) is 0.214. The zero-order chi connectivity index (χ0) is 13.0. The third-order valence-corrected chi connectivity index (χ3v) is 2.58. The van der Waals surface area contributed by atoms with Gasteiger partial charge in [-0.15, -0.1) is 0 Å². The summed E-state index contributed by atoms with van der Waals surface area (Å²) in [6, 6.07) is 11.4. The van der Waals surface area contributed by atoms with Crippen molar-refractivity contribution in [3.8, 4) is 11.5 Å². The molecule has 94 valence electrons. The fourth-order valence-corrected chi connectivity index (χ4v) is 1.57. The number of ether oxygens (including phenoxy) is 2. The van der Waals surface area contributed by atoms with E-state index in [1.165, 1.54) is 0 Å². The number of nitrogens with zero attached hydrogens (tertiary/aromatic N) is 1. The SMILES string of the molecule is COc1ccc(COc2ccc(C)nc2N)cc1. The zero-order valence-electron chi connectivity index (χ0n) is 10.5. The Kier molecular flexibility index (Phi) is 3.67. The van der Waals surface area contributed by atoms with E-state index in [0.717, 1.165) is 17.0 Å². The lowest BCUT2D eigenvalue weighted by molar-refractivity contribution is 0.306. The molecular formula is C14H16N2O2. The van der Waals surface area contributed by atoms with Gasteiger partial charge in [-0.1, -0.05) is 12.1 Å². The number of methoxy groups -OCH3 is 1. The van der Waals surface area contributed by atoms with E-state index in [-0.39, 0.29) is 0 Å². The van der Waals surface area contributed by atoms with Gasteiger partial charge in [-0.25, -0.2) is 4.98 Å². The molecule has 0 spiro atoms. The minimum atomic E-state index is 0.420. The van der Waals surface area contributed by atoms with Crippen molar-refractivity contribution < 1.29 is 9.47 Å². The molecule has 0 fully saturated rings. The van der Waals surface area contributed by atoms with Crippen LogP contribution in [0.1, 0.15) is 11.3 Å². The highest BCUT2D eigenvalue weighted by atomic mass is 16.5. The van der Waals surface area contributed by atoms with Crippen molar-refractivity contribution in [2.45, 2.75) is 13.5 Å². The first-order chi connectivity index (χ1) is 8.69. The fourth-order valence-electron chi connectivity index (χ4n) is 1.57. The van der Waals surface area contributed by atoms with Gasteiger partial charge < -0.3 is 15.2 Å². The smallest absolute Gasteiger partial charge is 0.166 e. The van der Waals surface area contributed by atoms with Crippen LogP contribution >= 0.6 is 0 Å². The van der Waals surface area contributed by atoms with Gasteiger partial charge in [-0.3, -0.25) is 0 Å². The molecule has 0 amide bonds. The summed E-state index contributed by atoms with van der Waals surface area (Å²) in [5.41, 5.74) is 7.71. The lowest BCUT2D eigenvalue weighted by Gasteiger charge is -2.09. The molecule has 2 aromatic rings. The Balaban J connectivity index is 2.02. The average Bonchev–Trinajstić information content (AvgIpc) is 2.38. The topological polar surface area (TPSA) is 57.4 Å². The molecule has 0 unspecified atom stereocenters. The molecule has 0 aliphatic rings. The lowest BCUT2D eigenvalue weighted by atomic mass is 10.2. The van der Waals surface area contributed by atoms with Crippen molar-refractivity contribution in [3.63, 3.8) is 0 Å². The summed E-state index contributed by atoms with van der Waals surface area (Å²) in [6.07, 6.45) is 0. The number of rotatable bonds is 4. The van der Waals surface area contributed by atoms with Crippen molar-refractivity contribution in [2.75, 3.05) is 12.8 Å². The summed E-state index contributed by atoms with van der Waals surface area (Å²) in [5.74, 6) is 1.86. The van der Waals surface area contributed by atoms with Crippen LogP contribution in [-0.4, -0.2) is 12.1 Å². The average molecular weight is 244 g/mol. The van der Waals surface area contributed by atoms with Gasteiger partial charge in [0, 0.05) is 5.69 Å². The number of benzene rings is 1. The molecule has 0 aliphatic carbocycles. The molecule has 4 nitrogen and oxygen atoms in total. The highest BCUT2D eigenvalue weighted by Gasteiger charge is 2.02. The van der Waals surface area contributed by atoms with E-state index < -0.39 is 0 Å². The van der Waals surface area contributed by atoms with Crippen LogP contribution < -0.4 is 15.2 Å². The van der Waals surface area contributed by atoms with E-state index >= 15 is 0 Å². The van der Waals surface area contributed by atoms with Crippen molar-refractivity contribution in [1.82, 2.24) is 4.98 Å². The van der Waals surface area contributed by atoms with Crippen molar-refractivity contribution in [1.29, 1.82) is 0 Å². The number of aromatic nitrogens is 1. The molecule has 1 aromatic heterocycles. The Bertz CT molecular complexity index is 524. The summed E-state index contributed by atoms with van der Waals surface area (Å²) in [7, 11) is 1.64. The van der Waals surface area contributed by atoms with Crippen molar-refractivity contribution >= 4 is 5.82 Å². The first-order valence-corrected chi connectivity index (χ1v) is 5.68. The van der Waals surface area contributed by atoms with Gasteiger partial charge in [0.15, 0.2) is 11.6 Å². The molecular weight excluding hydrogens is 228 g/mol. The number of hydrogen-bond donors (Lipinski definition) is 1. The summed E-state index contributed by atoms with van der Waals surface area (Å²) >= 11 is 0. The molecule has 0 saturated heterocycles. The Labute approximate surface area is 106 Å². The van der Waals surface area contributed by atoms with Crippen LogP contribution in [0.15, 0.2) is 36.4 Å². The molecule has 0 aliphatic heterocycles. The highest BCUT2D eigenvalue weighted by Crippen LogP contribution is 2.20. The van der Waals surface area contributed by atoms with E-state index in [9.17, 15) is 0 Å². The molecule has 0 saturated carbocycles. The van der Waals surface area contributed by atoms with E-state index in [2.05, 4.69) is 4.98 Å². The zero-order valence-corrected chi connectivity index (χ0v) is 10.5. The van der Waals surface area contributed by atoms with Crippen molar-refractivity contribution in [2.24, 2.45) is 0 Å². The molecule has 0 atom stereocenters. The standard InChI is InChI=1S/C14H16N2O2/c1-10-3-8-13(14(15)16-10)18-9-11-4-6-12(17-2)7-5-11/h3-8H,9H2,1-2H3,(H2,15,16). The van der Waals surface area contributed by atoms with Crippen LogP contribution in [0.2, 0.25) is 0 Å². The monoisotopic (exact) mass is 244 g/mol. The van der Waals surface area contributed by atoms with E-state index in [0.29, 0.717) is 18.2 Å². The number of hydrogen-bond acceptors (Lipinski definition) is 4. The Morgan fingerprint density at radius 1 is 1.11 bits per heavy atom. The van der Waals surface area contributed by atoms with E-state index in [1.54, 1.807) is 7.11 Å². The predicted molar refractivity (Wildman–Crippen MR) is 70.7 cm³/mol. The van der Waals surface area contributed by atoms with Crippen molar-refractivity contribution in [3.05, 3.63) is 47.7 Å². The second kappa shape index (κ2) is 5.40. The molecule has 4 heteroatoms. The maximum Gasteiger partial charge on any atom is 0.166 e. The quantitative estimate of drug-likeness (QED) is 0.898. The van der Waals surface area contributed by atoms with Crippen LogP contribution in [0, 0.1) is 6.92 Å². The lowest BCUT2D eigenvalue weighted by Crippen LogP contribution is -2.01. The van der Waals surface area contributed by atoms with E-state index in [1.807, 2.05) is 43.3 Å². The maximum atomic E-state index is 5.78. The number of nitrogens with two attached hydrogens (primary N) is 1. The molecule has 18 heavy (non-hydrogen) atoms. The largest absolute Gasteiger partial charge is 0.497 e. The Hall–Kier alpha value is -2.23. The number of nitrogen functional groups attached to an aromatic ring is 1. The molecule has 2 rings (SSSR count). The maximum absolute atomic E-state index is 5.78. The number of anilines is 1. The van der Waals surface area contributed by atoms with Crippen LogP contribution in [0.25, 0.3) is 0 Å². The molecule has 0 radical (unpaired) electrons.